The van der Waals surface area contributed by atoms with Gasteiger partial charge in [-0.3, -0.25) is 0 Å². The number of hydrogen-bond acceptors (Lipinski definition) is 3. The van der Waals surface area contributed by atoms with E-state index in [1.165, 1.54) is 18.2 Å². The van der Waals surface area contributed by atoms with E-state index in [1.807, 2.05) is 6.07 Å². The van der Waals surface area contributed by atoms with Crippen LogP contribution in [0.2, 0.25) is 5.02 Å². The number of aromatic hydroxyl groups is 1. The molecule has 2 nitrogen and oxygen atoms in total. The van der Waals surface area contributed by atoms with Gasteiger partial charge < -0.3 is 5.11 Å². The van der Waals surface area contributed by atoms with Gasteiger partial charge in [-0.2, -0.15) is 0 Å². The minimum absolute atomic E-state index is 0.0384. The third kappa shape index (κ3) is 2.06. The Bertz CT molecular complexity index is 897. The maximum absolute atomic E-state index is 13.5. The quantitative estimate of drug-likeness (QED) is 0.633. The summed E-state index contributed by atoms with van der Waals surface area (Å²) in [5, 5.41) is 11.3. The van der Waals surface area contributed by atoms with Gasteiger partial charge in [-0.25, -0.2) is 9.37 Å². The van der Waals surface area contributed by atoms with E-state index in [4.69, 9.17) is 11.6 Å². The fraction of sp³-hybridized carbons (Fsp3) is 0.0625. The molecular formula is C16H9ClFNOS. The molecule has 3 aromatic rings. The molecule has 0 aliphatic carbocycles. The molecule has 0 unspecified atom stereocenters. The molecular weight excluding hydrogens is 309 g/mol. The van der Waals surface area contributed by atoms with E-state index in [0.717, 1.165) is 32.9 Å². The maximum Gasteiger partial charge on any atom is 0.143 e. The maximum atomic E-state index is 13.5. The van der Waals surface area contributed by atoms with Crippen LogP contribution in [0.3, 0.4) is 0 Å². The highest BCUT2D eigenvalue weighted by molar-refractivity contribution is 7.98. The summed E-state index contributed by atoms with van der Waals surface area (Å²) in [6.07, 6.45) is 0. The van der Waals surface area contributed by atoms with Crippen molar-refractivity contribution in [2.75, 3.05) is 0 Å². The third-order valence-corrected chi connectivity index (χ3v) is 4.86. The van der Waals surface area contributed by atoms with Crippen molar-refractivity contribution in [2.45, 2.75) is 10.6 Å². The molecule has 0 bridgehead atoms. The molecule has 0 atom stereocenters. The molecule has 21 heavy (non-hydrogen) atoms. The highest BCUT2D eigenvalue weighted by Crippen LogP contribution is 2.42. The number of aromatic nitrogens is 1. The van der Waals surface area contributed by atoms with E-state index in [9.17, 15) is 9.50 Å². The van der Waals surface area contributed by atoms with E-state index in [-0.39, 0.29) is 11.6 Å². The van der Waals surface area contributed by atoms with E-state index in [2.05, 4.69) is 4.98 Å². The second-order valence-electron chi connectivity index (χ2n) is 4.92. The van der Waals surface area contributed by atoms with Gasteiger partial charge in [-0.05, 0) is 35.9 Å². The number of fused-ring (bicyclic) bond motifs is 4. The monoisotopic (exact) mass is 317 g/mol. The number of rotatable bonds is 0. The molecule has 104 valence electrons. The molecule has 5 heteroatoms. The summed E-state index contributed by atoms with van der Waals surface area (Å²) in [6, 6.07) is 9.92. The first-order chi connectivity index (χ1) is 10.1. The first-order valence-electron chi connectivity index (χ1n) is 6.37. The summed E-state index contributed by atoms with van der Waals surface area (Å²) in [7, 11) is 0. The Balaban J connectivity index is 2.05. The minimum atomic E-state index is -0.288. The van der Waals surface area contributed by atoms with Crippen LogP contribution in [0.4, 0.5) is 4.39 Å². The minimum Gasteiger partial charge on any atom is -0.506 e. The smallest absolute Gasteiger partial charge is 0.143 e. The standard InChI is InChI=1S/C16H9ClFNOS/c17-10-4-8-3-9-7-21-14-2-1-11(18)6-12(14)15(9)19-16(8)13(20)5-10/h1-6,20H,7H2. The van der Waals surface area contributed by atoms with Crippen molar-refractivity contribution in [3.63, 3.8) is 0 Å². The van der Waals surface area contributed by atoms with Gasteiger partial charge in [0.1, 0.15) is 17.1 Å². The van der Waals surface area contributed by atoms with Crippen molar-refractivity contribution in [3.05, 3.63) is 52.8 Å². The van der Waals surface area contributed by atoms with Gasteiger partial charge in [0.05, 0.1) is 5.69 Å². The number of hydrogen-bond donors (Lipinski definition) is 1. The molecule has 1 N–H and O–H groups in total. The summed E-state index contributed by atoms with van der Waals surface area (Å²) in [6.45, 7) is 0. The van der Waals surface area contributed by atoms with E-state index in [0.29, 0.717) is 10.5 Å². The lowest BCUT2D eigenvalue weighted by Crippen LogP contribution is -2.00. The number of phenols is 1. The Morgan fingerprint density at radius 3 is 2.90 bits per heavy atom. The van der Waals surface area contributed by atoms with Gasteiger partial charge in [-0.1, -0.05) is 11.6 Å². The predicted molar refractivity (Wildman–Crippen MR) is 83.4 cm³/mol. The molecule has 0 spiro atoms. The number of benzene rings is 2. The summed E-state index contributed by atoms with van der Waals surface area (Å²) >= 11 is 7.62. The van der Waals surface area contributed by atoms with Gasteiger partial charge in [0.2, 0.25) is 0 Å². The van der Waals surface area contributed by atoms with Crippen molar-refractivity contribution >= 4 is 34.3 Å². The summed E-state index contributed by atoms with van der Waals surface area (Å²) in [5.41, 5.74) is 3.01. The lowest BCUT2D eigenvalue weighted by Gasteiger charge is -2.19. The van der Waals surface area contributed by atoms with E-state index in [1.54, 1.807) is 23.9 Å². The van der Waals surface area contributed by atoms with Crippen LogP contribution in [-0.4, -0.2) is 10.1 Å². The normalized spacial score (nSPS) is 13.0. The first-order valence-corrected chi connectivity index (χ1v) is 7.73. The number of halogens is 2. The molecule has 4 rings (SSSR count). The molecule has 0 saturated carbocycles. The molecule has 1 aliphatic heterocycles. The Morgan fingerprint density at radius 1 is 1.19 bits per heavy atom. The van der Waals surface area contributed by atoms with Crippen LogP contribution in [-0.2, 0) is 5.75 Å². The Labute approximate surface area is 129 Å². The molecule has 0 amide bonds. The number of phenolic OH excluding ortho intramolecular Hbond substituents is 1. The van der Waals surface area contributed by atoms with Crippen molar-refractivity contribution < 1.29 is 9.50 Å². The largest absolute Gasteiger partial charge is 0.506 e. The van der Waals surface area contributed by atoms with E-state index < -0.39 is 0 Å². The van der Waals surface area contributed by atoms with Crippen LogP contribution < -0.4 is 0 Å². The van der Waals surface area contributed by atoms with Crippen LogP contribution in [0.1, 0.15) is 5.56 Å². The average molecular weight is 318 g/mol. The SMILES string of the molecule is Oc1cc(Cl)cc2cc3c(nc12)-c1cc(F)ccc1SC3. The molecule has 0 radical (unpaired) electrons. The van der Waals surface area contributed by atoms with Crippen LogP contribution in [0.5, 0.6) is 5.75 Å². The zero-order chi connectivity index (χ0) is 14.6. The Kier molecular flexibility index (Phi) is 2.84. The van der Waals surface area contributed by atoms with Crippen LogP contribution in [0, 0.1) is 5.82 Å². The highest BCUT2D eigenvalue weighted by Gasteiger charge is 2.20. The summed E-state index contributed by atoms with van der Waals surface area (Å²) in [4.78, 5) is 5.55. The number of pyridine rings is 1. The van der Waals surface area contributed by atoms with Crippen molar-refractivity contribution in [3.8, 4) is 17.0 Å². The number of nitrogens with zero attached hydrogens (tertiary/aromatic N) is 1. The van der Waals surface area contributed by atoms with Crippen molar-refractivity contribution in [2.24, 2.45) is 0 Å². The van der Waals surface area contributed by atoms with Gasteiger partial charge >= 0.3 is 0 Å². The summed E-state index contributed by atoms with van der Waals surface area (Å²) < 4.78 is 13.5. The van der Waals surface area contributed by atoms with E-state index >= 15 is 0 Å². The Hall–Kier alpha value is -1.78. The van der Waals surface area contributed by atoms with Crippen molar-refractivity contribution in [1.82, 2.24) is 4.98 Å². The lowest BCUT2D eigenvalue weighted by molar-refractivity contribution is 0.480. The average Bonchev–Trinajstić information content (AvgIpc) is 2.45. The zero-order valence-electron chi connectivity index (χ0n) is 10.7. The second-order valence-corrected chi connectivity index (χ2v) is 6.38. The third-order valence-electron chi connectivity index (χ3n) is 3.52. The van der Waals surface area contributed by atoms with Gasteiger partial charge in [-0.15, -0.1) is 11.8 Å². The van der Waals surface area contributed by atoms with Crippen LogP contribution in [0.25, 0.3) is 22.2 Å². The van der Waals surface area contributed by atoms with Crippen LogP contribution in [0.15, 0.2) is 41.3 Å². The van der Waals surface area contributed by atoms with Crippen LogP contribution >= 0.6 is 23.4 Å². The first kappa shape index (κ1) is 12.9. The topological polar surface area (TPSA) is 33.1 Å². The predicted octanol–water partition coefficient (Wildman–Crippen LogP) is 5.01. The molecule has 1 aliphatic rings. The van der Waals surface area contributed by atoms with Gasteiger partial charge in [0.25, 0.3) is 0 Å². The summed E-state index contributed by atoms with van der Waals surface area (Å²) in [5.74, 6) is 0.519. The second kappa shape index (κ2) is 4.61. The molecule has 0 fully saturated rings. The zero-order valence-corrected chi connectivity index (χ0v) is 12.3. The molecule has 2 heterocycles. The lowest BCUT2D eigenvalue weighted by atomic mass is 10.0. The van der Waals surface area contributed by atoms with Gasteiger partial charge in [0, 0.05) is 32.7 Å². The fourth-order valence-electron chi connectivity index (χ4n) is 2.59. The Morgan fingerprint density at radius 2 is 2.05 bits per heavy atom. The fourth-order valence-corrected chi connectivity index (χ4v) is 3.82. The highest BCUT2D eigenvalue weighted by atomic mass is 35.5. The van der Waals surface area contributed by atoms with Gasteiger partial charge in [0.15, 0.2) is 0 Å². The molecule has 1 aromatic heterocycles. The van der Waals surface area contributed by atoms with Crippen molar-refractivity contribution in [1.29, 1.82) is 0 Å². The molecule has 0 saturated heterocycles. The molecule has 2 aromatic carbocycles. The number of thioether (sulfide) groups is 1.